The third-order valence-electron chi connectivity index (χ3n) is 3.59. The Morgan fingerprint density at radius 2 is 1.92 bits per heavy atom. The summed E-state index contributed by atoms with van der Waals surface area (Å²) in [5.41, 5.74) is 2.04. The van der Waals surface area contributed by atoms with E-state index in [2.05, 4.69) is 4.98 Å². The van der Waals surface area contributed by atoms with E-state index in [4.69, 9.17) is 25.5 Å². The van der Waals surface area contributed by atoms with Gasteiger partial charge in [0, 0.05) is 16.1 Å². The first-order chi connectivity index (χ1) is 12.1. The van der Waals surface area contributed by atoms with E-state index < -0.39 is 0 Å². The minimum atomic E-state index is -0.0334. The molecule has 0 amide bonds. The van der Waals surface area contributed by atoms with Crippen LogP contribution in [0.3, 0.4) is 0 Å². The van der Waals surface area contributed by atoms with E-state index in [-0.39, 0.29) is 12.4 Å². The Hall–Kier alpha value is -2.79. The van der Waals surface area contributed by atoms with Crippen molar-refractivity contribution in [3.8, 4) is 23.0 Å². The van der Waals surface area contributed by atoms with E-state index in [1.807, 2.05) is 12.1 Å². The van der Waals surface area contributed by atoms with Crippen molar-refractivity contribution in [3.05, 3.63) is 65.0 Å². The minimum absolute atomic E-state index is 0.0334. The highest BCUT2D eigenvalue weighted by Gasteiger charge is 2.11. The Labute approximate surface area is 150 Å². The van der Waals surface area contributed by atoms with Crippen LogP contribution in [0.2, 0.25) is 5.02 Å². The second kappa shape index (κ2) is 7.40. The normalized spacial score (nSPS) is 10.5. The first kappa shape index (κ1) is 17.0. The zero-order chi connectivity index (χ0) is 17.8. The van der Waals surface area contributed by atoms with Crippen LogP contribution in [-0.2, 0) is 6.61 Å². The molecule has 2 aromatic carbocycles. The lowest BCUT2D eigenvalue weighted by atomic mass is 10.1. The van der Waals surface area contributed by atoms with Gasteiger partial charge < -0.3 is 13.9 Å². The molecule has 3 rings (SSSR count). The first-order valence-corrected chi connectivity index (χ1v) is 7.96. The number of halogens is 1. The molecule has 0 aliphatic rings. The van der Waals surface area contributed by atoms with Crippen molar-refractivity contribution in [1.82, 2.24) is 4.98 Å². The standard InChI is InChI=1S/C19H16ClNO4/c1-12(22)14-5-8-17(18(9-14)23-2)24-10-16-11-25-19(21-16)13-3-6-15(20)7-4-13/h3-9,11H,10H2,1-2H3. The van der Waals surface area contributed by atoms with Gasteiger partial charge in [0.05, 0.1) is 7.11 Å². The van der Waals surface area contributed by atoms with Crippen molar-refractivity contribution in [2.24, 2.45) is 0 Å². The summed E-state index contributed by atoms with van der Waals surface area (Å²) in [5.74, 6) is 1.49. The fourth-order valence-corrected chi connectivity index (χ4v) is 2.38. The Balaban J connectivity index is 1.72. The minimum Gasteiger partial charge on any atom is -0.493 e. The average Bonchev–Trinajstić information content (AvgIpc) is 3.09. The number of carbonyl (C=O) groups is 1. The monoisotopic (exact) mass is 357 g/mol. The van der Waals surface area contributed by atoms with Gasteiger partial charge in [-0.05, 0) is 49.4 Å². The molecule has 0 atom stereocenters. The van der Waals surface area contributed by atoms with E-state index in [0.29, 0.717) is 33.7 Å². The fraction of sp³-hybridized carbons (Fsp3) is 0.158. The zero-order valence-electron chi connectivity index (χ0n) is 13.8. The van der Waals surface area contributed by atoms with Crippen LogP contribution in [0.1, 0.15) is 23.0 Å². The maximum Gasteiger partial charge on any atom is 0.226 e. The molecule has 0 aliphatic heterocycles. The molecule has 128 valence electrons. The number of benzene rings is 2. The molecule has 5 nitrogen and oxygen atoms in total. The quantitative estimate of drug-likeness (QED) is 0.594. The highest BCUT2D eigenvalue weighted by molar-refractivity contribution is 6.30. The molecule has 1 heterocycles. The number of Topliss-reactive ketones (excluding diaryl/α,β-unsaturated/α-hetero) is 1. The molecule has 25 heavy (non-hydrogen) atoms. The predicted molar refractivity (Wildman–Crippen MR) is 94.3 cm³/mol. The highest BCUT2D eigenvalue weighted by atomic mass is 35.5. The van der Waals surface area contributed by atoms with Crippen molar-refractivity contribution < 1.29 is 18.7 Å². The molecule has 0 bridgehead atoms. The van der Waals surface area contributed by atoms with Gasteiger partial charge in [-0.25, -0.2) is 4.98 Å². The van der Waals surface area contributed by atoms with Crippen LogP contribution in [0.15, 0.2) is 53.1 Å². The molecule has 0 saturated carbocycles. The third-order valence-corrected chi connectivity index (χ3v) is 3.84. The summed E-state index contributed by atoms with van der Waals surface area (Å²) in [6, 6.07) is 12.3. The van der Waals surface area contributed by atoms with Gasteiger partial charge in [-0.15, -0.1) is 0 Å². The predicted octanol–water partition coefficient (Wildman–Crippen LogP) is 4.79. The van der Waals surface area contributed by atoms with Crippen LogP contribution in [0, 0.1) is 0 Å². The van der Waals surface area contributed by atoms with Crippen LogP contribution >= 0.6 is 11.6 Å². The molecule has 3 aromatic rings. The van der Waals surface area contributed by atoms with Gasteiger partial charge in [0.1, 0.15) is 18.6 Å². The van der Waals surface area contributed by atoms with E-state index in [1.54, 1.807) is 36.6 Å². The van der Waals surface area contributed by atoms with Crippen molar-refractivity contribution in [2.45, 2.75) is 13.5 Å². The maximum absolute atomic E-state index is 11.4. The van der Waals surface area contributed by atoms with Gasteiger partial charge in [-0.3, -0.25) is 4.79 Å². The van der Waals surface area contributed by atoms with Gasteiger partial charge in [0.15, 0.2) is 17.3 Å². The zero-order valence-corrected chi connectivity index (χ0v) is 14.5. The van der Waals surface area contributed by atoms with E-state index in [1.165, 1.54) is 14.0 Å². The van der Waals surface area contributed by atoms with Crippen LogP contribution in [-0.4, -0.2) is 17.9 Å². The number of nitrogens with zero attached hydrogens (tertiary/aromatic N) is 1. The Morgan fingerprint density at radius 3 is 2.60 bits per heavy atom. The molecule has 1 aromatic heterocycles. The summed E-state index contributed by atoms with van der Waals surface area (Å²) in [6.07, 6.45) is 1.54. The molecule has 0 spiro atoms. The number of carbonyl (C=O) groups excluding carboxylic acids is 1. The molecule has 6 heteroatoms. The molecule has 0 unspecified atom stereocenters. The van der Waals surface area contributed by atoms with Crippen LogP contribution in [0.4, 0.5) is 0 Å². The molecular formula is C19H16ClNO4. The van der Waals surface area contributed by atoms with Crippen molar-refractivity contribution in [2.75, 3.05) is 7.11 Å². The van der Waals surface area contributed by atoms with Crippen molar-refractivity contribution in [1.29, 1.82) is 0 Å². The number of aromatic nitrogens is 1. The lowest BCUT2D eigenvalue weighted by Gasteiger charge is -2.10. The van der Waals surface area contributed by atoms with Gasteiger partial charge in [-0.1, -0.05) is 11.6 Å². The Bertz CT molecular complexity index is 887. The molecule has 0 N–H and O–H groups in total. The van der Waals surface area contributed by atoms with Gasteiger partial charge in [0.25, 0.3) is 0 Å². The van der Waals surface area contributed by atoms with Crippen molar-refractivity contribution in [3.63, 3.8) is 0 Å². The smallest absolute Gasteiger partial charge is 0.226 e. The number of ketones is 1. The van der Waals surface area contributed by atoms with Crippen LogP contribution in [0.25, 0.3) is 11.5 Å². The summed E-state index contributed by atoms with van der Waals surface area (Å²) >= 11 is 5.88. The van der Waals surface area contributed by atoms with Crippen LogP contribution in [0.5, 0.6) is 11.5 Å². The number of hydrogen-bond acceptors (Lipinski definition) is 5. The average molecular weight is 358 g/mol. The summed E-state index contributed by atoms with van der Waals surface area (Å²) in [5, 5.41) is 0.653. The Kier molecular flexibility index (Phi) is 5.05. The van der Waals surface area contributed by atoms with Gasteiger partial charge >= 0.3 is 0 Å². The summed E-state index contributed by atoms with van der Waals surface area (Å²) in [7, 11) is 1.53. The van der Waals surface area contributed by atoms with E-state index in [9.17, 15) is 4.79 Å². The number of methoxy groups -OCH3 is 1. The number of hydrogen-bond donors (Lipinski definition) is 0. The summed E-state index contributed by atoms with van der Waals surface area (Å²) in [6.45, 7) is 1.72. The maximum atomic E-state index is 11.4. The lowest BCUT2D eigenvalue weighted by Crippen LogP contribution is -2.00. The number of ether oxygens (including phenoxy) is 2. The van der Waals surface area contributed by atoms with Gasteiger partial charge in [0.2, 0.25) is 5.89 Å². The molecule has 0 aliphatic carbocycles. The summed E-state index contributed by atoms with van der Waals surface area (Å²) in [4.78, 5) is 15.8. The van der Waals surface area contributed by atoms with Crippen LogP contribution < -0.4 is 9.47 Å². The fourth-order valence-electron chi connectivity index (χ4n) is 2.26. The first-order valence-electron chi connectivity index (χ1n) is 7.59. The van der Waals surface area contributed by atoms with Crippen molar-refractivity contribution >= 4 is 17.4 Å². The van der Waals surface area contributed by atoms with E-state index in [0.717, 1.165) is 5.56 Å². The Morgan fingerprint density at radius 1 is 1.16 bits per heavy atom. The second-order valence-electron chi connectivity index (χ2n) is 5.36. The largest absolute Gasteiger partial charge is 0.493 e. The lowest BCUT2D eigenvalue weighted by molar-refractivity contribution is 0.101. The summed E-state index contributed by atoms with van der Waals surface area (Å²) < 4.78 is 16.5. The second-order valence-corrected chi connectivity index (χ2v) is 5.80. The molecular weight excluding hydrogens is 342 g/mol. The molecule has 0 radical (unpaired) electrons. The molecule has 0 fully saturated rings. The number of oxazole rings is 1. The SMILES string of the molecule is COc1cc(C(C)=O)ccc1OCc1coc(-c2ccc(Cl)cc2)n1. The molecule has 0 saturated heterocycles. The third kappa shape index (κ3) is 4.00. The van der Waals surface area contributed by atoms with E-state index >= 15 is 0 Å². The topological polar surface area (TPSA) is 61.6 Å². The number of rotatable bonds is 6. The van der Waals surface area contributed by atoms with Gasteiger partial charge in [-0.2, -0.15) is 0 Å². The highest BCUT2D eigenvalue weighted by Crippen LogP contribution is 2.29.